The van der Waals surface area contributed by atoms with Gasteiger partial charge in [0.25, 0.3) is 0 Å². The third-order valence-corrected chi connectivity index (χ3v) is 4.58. The molecule has 0 bridgehead atoms. The standard InChI is InChI=1S/C18H30O9/c1-4-7-9-17(15(22)23,10-8-5-2)18(16(24)25,11-13(19)20)27-12-14(21)26-6-3/h4-12H2,1-3H3,(H,19,20)(H,22,23)(H,24,25). The Kier molecular flexibility index (Phi) is 10.6. The molecule has 0 amide bonds. The molecular formula is C18H30O9. The van der Waals surface area contributed by atoms with E-state index in [2.05, 4.69) is 0 Å². The minimum absolute atomic E-state index is 0.0247. The smallest absolute Gasteiger partial charge is 0.337 e. The number of aliphatic carboxylic acids is 3. The van der Waals surface area contributed by atoms with Crippen LogP contribution in [0.3, 0.4) is 0 Å². The first-order chi connectivity index (χ1) is 12.6. The lowest BCUT2D eigenvalue weighted by Crippen LogP contribution is -2.61. The van der Waals surface area contributed by atoms with Crippen LogP contribution in [0.25, 0.3) is 0 Å². The van der Waals surface area contributed by atoms with E-state index in [4.69, 9.17) is 9.47 Å². The van der Waals surface area contributed by atoms with Gasteiger partial charge < -0.3 is 24.8 Å². The molecule has 0 aliphatic rings. The molecule has 0 aliphatic carbocycles. The van der Waals surface area contributed by atoms with Crippen LogP contribution in [0.4, 0.5) is 0 Å². The Morgan fingerprint density at radius 2 is 1.37 bits per heavy atom. The Balaban J connectivity index is 6.34. The lowest BCUT2D eigenvalue weighted by atomic mass is 9.64. The van der Waals surface area contributed by atoms with Gasteiger partial charge in [-0.25, -0.2) is 9.59 Å². The van der Waals surface area contributed by atoms with E-state index in [9.17, 15) is 34.5 Å². The van der Waals surface area contributed by atoms with Crippen LogP contribution in [0.1, 0.15) is 65.7 Å². The number of unbranched alkanes of at least 4 members (excludes halogenated alkanes) is 2. The van der Waals surface area contributed by atoms with Crippen molar-refractivity contribution < 1.29 is 44.0 Å². The highest BCUT2D eigenvalue weighted by molar-refractivity contribution is 5.92. The van der Waals surface area contributed by atoms with Crippen LogP contribution < -0.4 is 0 Å². The summed E-state index contributed by atoms with van der Waals surface area (Å²) in [6, 6.07) is 0. The first-order valence-electron chi connectivity index (χ1n) is 9.11. The first-order valence-corrected chi connectivity index (χ1v) is 9.11. The Labute approximate surface area is 158 Å². The first kappa shape index (κ1) is 24.8. The maximum absolute atomic E-state index is 12.3. The minimum atomic E-state index is -2.60. The number of carboxylic acids is 3. The number of carbonyl (C=O) groups excluding carboxylic acids is 1. The average Bonchev–Trinajstić information content (AvgIpc) is 2.58. The van der Waals surface area contributed by atoms with Gasteiger partial charge in [0.05, 0.1) is 13.0 Å². The maximum Gasteiger partial charge on any atom is 0.337 e. The number of carboxylic acid groups (broad SMARTS) is 3. The summed E-state index contributed by atoms with van der Waals surface area (Å²) in [5, 5.41) is 29.2. The van der Waals surface area contributed by atoms with Crippen LogP contribution in [-0.2, 0) is 28.7 Å². The summed E-state index contributed by atoms with van der Waals surface area (Å²) in [7, 11) is 0. The summed E-state index contributed by atoms with van der Waals surface area (Å²) in [6.07, 6.45) is 0.661. The van der Waals surface area contributed by atoms with Gasteiger partial charge in [0.15, 0.2) is 5.60 Å². The fourth-order valence-corrected chi connectivity index (χ4v) is 3.17. The van der Waals surface area contributed by atoms with E-state index in [-0.39, 0.29) is 19.4 Å². The van der Waals surface area contributed by atoms with E-state index >= 15 is 0 Å². The van der Waals surface area contributed by atoms with Crippen molar-refractivity contribution in [3.8, 4) is 0 Å². The molecule has 0 saturated carbocycles. The molecule has 0 aliphatic heterocycles. The molecule has 9 nitrogen and oxygen atoms in total. The number of rotatable bonds is 15. The molecule has 1 unspecified atom stereocenters. The van der Waals surface area contributed by atoms with Crippen molar-refractivity contribution in [3.05, 3.63) is 0 Å². The van der Waals surface area contributed by atoms with Crippen LogP contribution in [-0.4, -0.2) is 58.0 Å². The fourth-order valence-electron chi connectivity index (χ4n) is 3.17. The second kappa shape index (κ2) is 11.5. The van der Waals surface area contributed by atoms with Crippen molar-refractivity contribution in [2.45, 2.75) is 71.3 Å². The van der Waals surface area contributed by atoms with Gasteiger partial charge in [-0.05, 0) is 19.8 Å². The van der Waals surface area contributed by atoms with Gasteiger partial charge in [0.2, 0.25) is 0 Å². The highest BCUT2D eigenvalue weighted by atomic mass is 16.6. The summed E-state index contributed by atoms with van der Waals surface area (Å²) in [5.74, 6) is -5.58. The maximum atomic E-state index is 12.3. The van der Waals surface area contributed by atoms with Crippen molar-refractivity contribution in [3.63, 3.8) is 0 Å². The van der Waals surface area contributed by atoms with Gasteiger partial charge >= 0.3 is 23.9 Å². The van der Waals surface area contributed by atoms with Crippen LogP contribution in [0.2, 0.25) is 0 Å². The van der Waals surface area contributed by atoms with Crippen LogP contribution in [0, 0.1) is 5.41 Å². The molecule has 0 radical (unpaired) electrons. The summed E-state index contributed by atoms with van der Waals surface area (Å²) < 4.78 is 10.0. The number of hydrogen-bond acceptors (Lipinski definition) is 6. The van der Waals surface area contributed by atoms with Gasteiger partial charge in [0, 0.05) is 0 Å². The number of carbonyl (C=O) groups is 4. The molecule has 0 rings (SSSR count). The predicted octanol–water partition coefficient (Wildman–Crippen LogP) is 2.32. The summed E-state index contributed by atoms with van der Waals surface area (Å²) in [6.45, 7) is 4.35. The number of hydrogen-bond donors (Lipinski definition) is 3. The second-order valence-electron chi connectivity index (χ2n) is 6.39. The summed E-state index contributed by atoms with van der Waals surface area (Å²) in [5.41, 5.74) is -4.59. The molecule has 0 heterocycles. The van der Waals surface area contributed by atoms with Gasteiger partial charge in [-0.1, -0.05) is 39.5 Å². The molecule has 0 aromatic carbocycles. The highest BCUT2D eigenvalue weighted by Gasteiger charge is 2.63. The van der Waals surface area contributed by atoms with Crippen molar-refractivity contribution in [2.24, 2.45) is 5.41 Å². The van der Waals surface area contributed by atoms with E-state index in [0.717, 1.165) is 0 Å². The third kappa shape index (κ3) is 6.20. The largest absolute Gasteiger partial charge is 0.481 e. The third-order valence-electron chi connectivity index (χ3n) is 4.58. The molecule has 0 fully saturated rings. The molecule has 1 atom stereocenters. The van der Waals surface area contributed by atoms with E-state index in [1.807, 2.05) is 13.8 Å². The number of esters is 1. The molecule has 9 heteroatoms. The zero-order chi connectivity index (χ0) is 21.1. The van der Waals surface area contributed by atoms with Gasteiger partial charge in [0.1, 0.15) is 12.0 Å². The highest BCUT2D eigenvalue weighted by Crippen LogP contribution is 2.47. The lowest BCUT2D eigenvalue weighted by molar-refractivity contribution is -0.210. The normalized spacial score (nSPS) is 13.6. The molecular weight excluding hydrogens is 360 g/mol. The SMILES string of the molecule is CCCCC(CCCC)(C(=O)O)C(CC(=O)O)(OCC(=O)OCC)C(=O)O. The summed E-state index contributed by atoms with van der Waals surface area (Å²) in [4.78, 5) is 47.6. The van der Waals surface area contributed by atoms with E-state index < -0.39 is 47.9 Å². The van der Waals surface area contributed by atoms with E-state index in [1.54, 1.807) is 6.92 Å². The molecule has 27 heavy (non-hydrogen) atoms. The quantitative estimate of drug-likeness (QED) is 0.358. The second-order valence-corrected chi connectivity index (χ2v) is 6.39. The van der Waals surface area contributed by atoms with Gasteiger partial charge in [-0.2, -0.15) is 0 Å². The predicted molar refractivity (Wildman–Crippen MR) is 94.3 cm³/mol. The Morgan fingerprint density at radius 3 is 1.70 bits per heavy atom. The van der Waals surface area contributed by atoms with Crippen molar-refractivity contribution in [2.75, 3.05) is 13.2 Å². The minimum Gasteiger partial charge on any atom is -0.481 e. The van der Waals surface area contributed by atoms with E-state index in [0.29, 0.717) is 25.7 Å². The Bertz CT molecular complexity index is 521. The van der Waals surface area contributed by atoms with Crippen molar-refractivity contribution in [1.29, 1.82) is 0 Å². The van der Waals surface area contributed by atoms with Crippen LogP contribution >= 0.6 is 0 Å². The molecule has 156 valence electrons. The van der Waals surface area contributed by atoms with Crippen LogP contribution in [0.5, 0.6) is 0 Å². The molecule has 0 saturated heterocycles. The van der Waals surface area contributed by atoms with E-state index in [1.165, 1.54) is 0 Å². The lowest BCUT2D eigenvalue weighted by Gasteiger charge is -2.44. The molecule has 3 N–H and O–H groups in total. The summed E-state index contributed by atoms with van der Waals surface area (Å²) >= 11 is 0. The van der Waals surface area contributed by atoms with Crippen molar-refractivity contribution in [1.82, 2.24) is 0 Å². The Morgan fingerprint density at radius 1 is 0.852 bits per heavy atom. The topological polar surface area (TPSA) is 147 Å². The van der Waals surface area contributed by atoms with Crippen LogP contribution in [0.15, 0.2) is 0 Å². The van der Waals surface area contributed by atoms with Crippen molar-refractivity contribution >= 4 is 23.9 Å². The molecule has 0 spiro atoms. The monoisotopic (exact) mass is 390 g/mol. The average molecular weight is 390 g/mol. The zero-order valence-corrected chi connectivity index (χ0v) is 16.2. The van der Waals surface area contributed by atoms with Gasteiger partial charge in [-0.15, -0.1) is 0 Å². The Hall–Kier alpha value is -2.16. The van der Waals surface area contributed by atoms with Gasteiger partial charge in [-0.3, -0.25) is 9.59 Å². The number of ether oxygens (including phenoxy) is 2. The zero-order valence-electron chi connectivity index (χ0n) is 16.2. The molecule has 0 aromatic heterocycles. The fraction of sp³-hybridized carbons (Fsp3) is 0.778. The molecule has 0 aromatic rings.